The highest BCUT2D eigenvalue weighted by Gasteiger charge is 2.42. The van der Waals surface area contributed by atoms with Crippen molar-refractivity contribution in [2.24, 2.45) is 0 Å². The minimum absolute atomic E-state index is 0.192. The molecule has 2 aromatic carbocycles. The number of carbonyl (C=O) groups excluding carboxylic acids is 2. The minimum Gasteiger partial charge on any atom is -0.366 e. The van der Waals surface area contributed by atoms with Crippen molar-refractivity contribution in [3.05, 3.63) is 76.2 Å². The lowest BCUT2D eigenvalue weighted by Crippen LogP contribution is -2.43. The van der Waals surface area contributed by atoms with Crippen LogP contribution >= 0.6 is 11.6 Å². The topological polar surface area (TPSA) is 43.9 Å². The summed E-state index contributed by atoms with van der Waals surface area (Å²) in [7, 11) is 4.01. The number of amides is 2. The Morgan fingerprint density at radius 2 is 1.62 bits per heavy atom. The van der Waals surface area contributed by atoms with E-state index in [1.165, 1.54) is 17.0 Å². The molecule has 0 N–H and O–H groups in total. The molecule has 0 aliphatic carbocycles. The molecule has 1 fully saturated rings. The van der Waals surface area contributed by atoms with Crippen LogP contribution in [-0.4, -0.2) is 66.3 Å². The third-order valence-corrected chi connectivity index (χ3v) is 6.65. The van der Waals surface area contributed by atoms with Crippen molar-refractivity contribution in [2.75, 3.05) is 33.7 Å². The molecule has 7 heteroatoms. The Labute approximate surface area is 193 Å². The largest absolute Gasteiger partial charge is 0.366 e. The lowest BCUT2D eigenvalue weighted by molar-refractivity contribution is -0.137. The molecule has 0 saturated carbocycles. The quantitative estimate of drug-likeness (QED) is 0.621. The van der Waals surface area contributed by atoms with Crippen LogP contribution < -0.4 is 0 Å². The molecule has 0 radical (unpaired) electrons. The maximum atomic E-state index is 13.5. The van der Waals surface area contributed by atoms with Crippen molar-refractivity contribution in [3.8, 4) is 0 Å². The molecule has 0 bridgehead atoms. The van der Waals surface area contributed by atoms with E-state index in [1.54, 1.807) is 36.4 Å². The summed E-state index contributed by atoms with van der Waals surface area (Å²) in [6, 6.07) is 13.4. The van der Waals surface area contributed by atoms with Crippen LogP contribution in [0, 0.1) is 5.82 Å². The van der Waals surface area contributed by atoms with E-state index in [4.69, 9.17) is 11.6 Å². The summed E-state index contributed by atoms with van der Waals surface area (Å²) in [5.74, 6) is -0.881. The first kappa shape index (κ1) is 22.5. The van der Waals surface area contributed by atoms with Crippen LogP contribution in [0.15, 0.2) is 54.2 Å². The first-order chi connectivity index (χ1) is 15.3. The third kappa shape index (κ3) is 4.57. The minimum atomic E-state index is -0.309. The Morgan fingerprint density at radius 3 is 2.25 bits per heavy atom. The zero-order valence-corrected chi connectivity index (χ0v) is 19.1. The van der Waals surface area contributed by atoms with E-state index < -0.39 is 0 Å². The number of imide groups is 1. The third-order valence-electron chi connectivity index (χ3n) is 6.40. The number of benzene rings is 2. The van der Waals surface area contributed by atoms with Gasteiger partial charge in [-0.2, -0.15) is 0 Å². The van der Waals surface area contributed by atoms with Crippen LogP contribution in [-0.2, 0) is 16.0 Å². The normalized spacial score (nSPS) is 18.1. The van der Waals surface area contributed by atoms with Gasteiger partial charge in [-0.25, -0.2) is 4.39 Å². The number of hydrogen-bond donors (Lipinski definition) is 0. The number of piperidine rings is 1. The number of rotatable bonds is 6. The van der Waals surface area contributed by atoms with Crippen LogP contribution in [0.5, 0.6) is 0 Å². The summed E-state index contributed by atoms with van der Waals surface area (Å²) >= 11 is 6.05. The molecule has 5 nitrogen and oxygen atoms in total. The monoisotopic (exact) mass is 455 g/mol. The van der Waals surface area contributed by atoms with Crippen molar-refractivity contribution >= 4 is 29.0 Å². The lowest BCUT2D eigenvalue weighted by Gasteiger charge is -2.36. The van der Waals surface area contributed by atoms with Gasteiger partial charge in [-0.05, 0) is 74.8 Å². The van der Waals surface area contributed by atoms with Gasteiger partial charge in [0.15, 0.2) is 0 Å². The highest BCUT2D eigenvalue weighted by Crippen LogP contribution is 2.34. The molecule has 1 saturated heterocycles. The Balaban J connectivity index is 1.63. The van der Waals surface area contributed by atoms with Crippen molar-refractivity contribution in [1.82, 2.24) is 14.7 Å². The first-order valence-electron chi connectivity index (χ1n) is 10.9. The average molecular weight is 456 g/mol. The van der Waals surface area contributed by atoms with Crippen LogP contribution in [0.2, 0.25) is 5.02 Å². The molecule has 0 atom stereocenters. The fourth-order valence-corrected chi connectivity index (χ4v) is 4.55. The highest BCUT2D eigenvalue weighted by molar-refractivity contribution is 6.36. The van der Waals surface area contributed by atoms with Crippen molar-refractivity contribution < 1.29 is 14.0 Å². The molecule has 2 aliphatic rings. The van der Waals surface area contributed by atoms with Crippen molar-refractivity contribution in [3.63, 3.8) is 0 Å². The predicted molar refractivity (Wildman–Crippen MR) is 123 cm³/mol. The molecule has 4 rings (SSSR count). The summed E-state index contributed by atoms with van der Waals surface area (Å²) < 4.78 is 13.2. The van der Waals surface area contributed by atoms with Gasteiger partial charge in [-0.1, -0.05) is 35.9 Å². The molecule has 32 heavy (non-hydrogen) atoms. The van der Waals surface area contributed by atoms with Crippen molar-refractivity contribution in [2.45, 2.75) is 25.3 Å². The Kier molecular flexibility index (Phi) is 6.63. The van der Waals surface area contributed by atoms with Gasteiger partial charge >= 0.3 is 0 Å². The van der Waals surface area contributed by atoms with E-state index in [0.29, 0.717) is 28.3 Å². The lowest BCUT2D eigenvalue weighted by atomic mass is 10.0. The second-order valence-corrected chi connectivity index (χ2v) is 8.95. The summed E-state index contributed by atoms with van der Waals surface area (Å²) in [6.07, 6.45) is 2.33. The predicted octanol–water partition coefficient (Wildman–Crippen LogP) is 3.83. The highest BCUT2D eigenvalue weighted by atomic mass is 35.5. The van der Waals surface area contributed by atoms with Gasteiger partial charge in [0, 0.05) is 24.7 Å². The van der Waals surface area contributed by atoms with E-state index in [-0.39, 0.29) is 30.2 Å². The van der Waals surface area contributed by atoms with E-state index in [9.17, 15) is 14.0 Å². The van der Waals surface area contributed by atoms with Gasteiger partial charge in [0.1, 0.15) is 11.5 Å². The number of likely N-dealkylation sites (tertiary alicyclic amines) is 1. The van der Waals surface area contributed by atoms with Gasteiger partial charge in [-0.15, -0.1) is 0 Å². The second kappa shape index (κ2) is 9.43. The molecule has 2 aliphatic heterocycles. The average Bonchev–Trinajstić information content (AvgIpc) is 3.03. The van der Waals surface area contributed by atoms with Gasteiger partial charge < -0.3 is 9.80 Å². The van der Waals surface area contributed by atoms with E-state index in [1.807, 2.05) is 11.9 Å². The standard InChI is InChI=1S/C25H27ClFN3O2/c1-28-14-12-21(13-15-28)29(2)23-22(18-5-7-19(26)8-6-18)24(31)30(25(23)32)16-11-17-3-9-20(27)10-4-17/h3-10,21H,11-16H2,1-2H3. The van der Waals surface area contributed by atoms with E-state index in [0.717, 1.165) is 31.5 Å². The second-order valence-electron chi connectivity index (χ2n) is 8.51. The molecule has 168 valence electrons. The number of carbonyl (C=O) groups is 2. The number of halogens is 2. The van der Waals surface area contributed by atoms with Crippen LogP contribution in [0.25, 0.3) is 5.57 Å². The summed E-state index contributed by atoms with van der Waals surface area (Å²) in [6.45, 7) is 2.15. The van der Waals surface area contributed by atoms with Crippen molar-refractivity contribution in [1.29, 1.82) is 0 Å². The van der Waals surface area contributed by atoms with Gasteiger partial charge in [0.05, 0.1) is 5.57 Å². The molecular formula is C25H27ClFN3O2. The number of likely N-dealkylation sites (N-methyl/N-ethyl adjacent to an activating group) is 1. The Bertz CT molecular complexity index is 1030. The zero-order chi connectivity index (χ0) is 22.8. The van der Waals surface area contributed by atoms with Gasteiger partial charge in [-0.3, -0.25) is 14.5 Å². The van der Waals surface area contributed by atoms with Crippen LogP contribution in [0.4, 0.5) is 4.39 Å². The maximum Gasteiger partial charge on any atom is 0.277 e. The molecule has 0 unspecified atom stereocenters. The smallest absolute Gasteiger partial charge is 0.277 e. The molecule has 0 aromatic heterocycles. The van der Waals surface area contributed by atoms with E-state index in [2.05, 4.69) is 11.9 Å². The fraction of sp³-hybridized carbons (Fsp3) is 0.360. The summed E-state index contributed by atoms with van der Waals surface area (Å²) in [4.78, 5) is 32.5. The Hall–Kier alpha value is -2.70. The van der Waals surface area contributed by atoms with E-state index >= 15 is 0 Å². The SMILES string of the molecule is CN1CCC(N(C)C2=C(c3ccc(Cl)cc3)C(=O)N(CCc3ccc(F)cc3)C2=O)CC1. The molecule has 2 aromatic rings. The first-order valence-corrected chi connectivity index (χ1v) is 11.2. The molecule has 2 heterocycles. The maximum absolute atomic E-state index is 13.5. The number of nitrogens with zero attached hydrogens (tertiary/aromatic N) is 3. The van der Waals surface area contributed by atoms with Crippen LogP contribution in [0.1, 0.15) is 24.0 Å². The van der Waals surface area contributed by atoms with Gasteiger partial charge in [0.2, 0.25) is 0 Å². The van der Waals surface area contributed by atoms with Gasteiger partial charge in [0.25, 0.3) is 11.8 Å². The Morgan fingerprint density at radius 1 is 1.00 bits per heavy atom. The molecular weight excluding hydrogens is 429 g/mol. The summed E-state index contributed by atoms with van der Waals surface area (Å²) in [5, 5.41) is 0.574. The van der Waals surface area contributed by atoms with Crippen LogP contribution in [0.3, 0.4) is 0 Å². The fourth-order valence-electron chi connectivity index (χ4n) is 4.43. The number of hydrogen-bond acceptors (Lipinski definition) is 4. The zero-order valence-electron chi connectivity index (χ0n) is 18.4. The molecule has 2 amide bonds. The summed E-state index contributed by atoms with van der Waals surface area (Å²) in [5.41, 5.74) is 2.43. The molecule has 0 spiro atoms.